The Morgan fingerprint density at radius 2 is 2.07 bits per heavy atom. The molecule has 14 heavy (non-hydrogen) atoms. The standard InChI is InChI=1S/C8H16ClN5/c1-4-8(5-2,6-9)10-7-11-12-13-14(7)3/h4-6H2,1-3H3,(H,10,11,13). The summed E-state index contributed by atoms with van der Waals surface area (Å²) in [7, 11) is 1.80. The minimum atomic E-state index is -0.107. The van der Waals surface area contributed by atoms with Gasteiger partial charge in [-0.15, -0.1) is 11.6 Å². The zero-order valence-corrected chi connectivity index (χ0v) is 9.54. The molecule has 80 valence electrons. The number of alkyl halides is 1. The van der Waals surface area contributed by atoms with Crippen LogP contribution in [0.2, 0.25) is 0 Å². The van der Waals surface area contributed by atoms with Crippen LogP contribution in [-0.4, -0.2) is 31.6 Å². The number of nitrogens with zero attached hydrogens (tertiary/aromatic N) is 4. The lowest BCUT2D eigenvalue weighted by Crippen LogP contribution is -2.39. The van der Waals surface area contributed by atoms with E-state index in [4.69, 9.17) is 11.6 Å². The number of rotatable bonds is 5. The molecule has 0 atom stereocenters. The molecule has 0 aliphatic heterocycles. The van der Waals surface area contributed by atoms with Crippen molar-refractivity contribution in [3.8, 4) is 0 Å². The summed E-state index contributed by atoms with van der Waals surface area (Å²) in [4.78, 5) is 0. The van der Waals surface area contributed by atoms with Crippen molar-refractivity contribution in [2.45, 2.75) is 32.2 Å². The molecule has 0 saturated carbocycles. The van der Waals surface area contributed by atoms with E-state index in [2.05, 4.69) is 34.7 Å². The fourth-order valence-electron chi connectivity index (χ4n) is 1.22. The van der Waals surface area contributed by atoms with Gasteiger partial charge < -0.3 is 5.32 Å². The number of aromatic nitrogens is 4. The highest BCUT2D eigenvalue weighted by atomic mass is 35.5. The van der Waals surface area contributed by atoms with E-state index >= 15 is 0 Å². The average Bonchev–Trinajstić information content (AvgIpc) is 2.61. The van der Waals surface area contributed by atoms with Crippen molar-refractivity contribution in [3.05, 3.63) is 0 Å². The van der Waals surface area contributed by atoms with Gasteiger partial charge >= 0.3 is 0 Å². The van der Waals surface area contributed by atoms with E-state index in [-0.39, 0.29) is 5.54 Å². The molecule has 5 nitrogen and oxygen atoms in total. The lowest BCUT2D eigenvalue weighted by Gasteiger charge is -2.30. The van der Waals surface area contributed by atoms with E-state index in [1.807, 2.05) is 0 Å². The Morgan fingerprint density at radius 3 is 2.43 bits per heavy atom. The Kier molecular flexibility index (Phi) is 3.69. The molecule has 6 heteroatoms. The quantitative estimate of drug-likeness (QED) is 0.758. The van der Waals surface area contributed by atoms with Gasteiger partial charge in [-0.3, -0.25) is 0 Å². The molecule has 0 aliphatic rings. The molecule has 1 rings (SSSR count). The van der Waals surface area contributed by atoms with Crippen molar-refractivity contribution in [2.24, 2.45) is 7.05 Å². The van der Waals surface area contributed by atoms with Gasteiger partial charge in [0.25, 0.3) is 0 Å². The van der Waals surface area contributed by atoms with Crippen LogP contribution in [0.3, 0.4) is 0 Å². The Labute approximate surface area is 88.8 Å². The van der Waals surface area contributed by atoms with Crippen LogP contribution in [0.25, 0.3) is 0 Å². The summed E-state index contributed by atoms with van der Waals surface area (Å²) in [6.45, 7) is 4.20. The van der Waals surface area contributed by atoms with Gasteiger partial charge in [0, 0.05) is 12.9 Å². The Morgan fingerprint density at radius 1 is 1.43 bits per heavy atom. The molecule has 0 spiro atoms. The zero-order valence-electron chi connectivity index (χ0n) is 8.79. The number of aryl methyl sites for hydroxylation is 1. The Bertz CT molecular complexity index is 273. The summed E-state index contributed by atoms with van der Waals surface area (Å²) < 4.78 is 1.60. The van der Waals surface area contributed by atoms with E-state index in [0.717, 1.165) is 12.8 Å². The number of hydrogen-bond donors (Lipinski definition) is 1. The maximum absolute atomic E-state index is 5.95. The van der Waals surface area contributed by atoms with Crippen LogP contribution in [0.4, 0.5) is 5.95 Å². The molecule has 0 amide bonds. The monoisotopic (exact) mass is 217 g/mol. The number of hydrogen-bond acceptors (Lipinski definition) is 4. The molecule has 0 saturated heterocycles. The number of halogens is 1. The first-order valence-electron chi connectivity index (χ1n) is 4.74. The molecule has 0 aromatic carbocycles. The molecule has 0 fully saturated rings. The van der Waals surface area contributed by atoms with Crippen molar-refractivity contribution in [1.82, 2.24) is 20.2 Å². The van der Waals surface area contributed by atoms with Gasteiger partial charge in [-0.2, -0.15) is 0 Å². The lowest BCUT2D eigenvalue weighted by atomic mass is 9.95. The van der Waals surface area contributed by atoms with Crippen molar-refractivity contribution >= 4 is 17.5 Å². The van der Waals surface area contributed by atoms with Crippen LogP contribution < -0.4 is 5.32 Å². The molecular formula is C8H16ClN5. The molecule has 1 aromatic heterocycles. The number of tetrazole rings is 1. The SMILES string of the molecule is CCC(CC)(CCl)Nc1nnnn1C. The Balaban J connectivity index is 2.79. The van der Waals surface area contributed by atoms with Crippen molar-refractivity contribution in [1.29, 1.82) is 0 Å². The molecular weight excluding hydrogens is 202 g/mol. The maximum atomic E-state index is 5.95. The molecule has 1 N–H and O–H groups in total. The second kappa shape index (κ2) is 4.59. The van der Waals surface area contributed by atoms with E-state index in [1.165, 1.54) is 0 Å². The molecule has 1 heterocycles. The summed E-state index contributed by atoms with van der Waals surface area (Å²) in [6.07, 6.45) is 1.89. The number of anilines is 1. The largest absolute Gasteiger partial charge is 0.346 e. The van der Waals surface area contributed by atoms with Gasteiger partial charge in [-0.1, -0.05) is 18.9 Å². The maximum Gasteiger partial charge on any atom is 0.243 e. The second-order valence-electron chi connectivity index (χ2n) is 3.37. The van der Waals surface area contributed by atoms with E-state index in [0.29, 0.717) is 11.8 Å². The highest BCUT2D eigenvalue weighted by molar-refractivity contribution is 6.18. The number of nitrogens with one attached hydrogen (secondary N) is 1. The third-order valence-electron chi connectivity index (χ3n) is 2.61. The highest BCUT2D eigenvalue weighted by Crippen LogP contribution is 2.21. The van der Waals surface area contributed by atoms with Crippen LogP contribution in [0.15, 0.2) is 0 Å². The molecule has 1 aromatic rings. The lowest BCUT2D eigenvalue weighted by molar-refractivity contribution is 0.477. The predicted molar refractivity (Wildman–Crippen MR) is 56.5 cm³/mol. The third-order valence-corrected chi connectivity index (χ3v) is 3.12. The summed E-state index contributed by atoms with van der Waals surface area (Å²) >= 11 is 5.95. The minimum absolute atomic E-state index is 0.107. The minimum Gasteiger partial charge on any atom is -0.346 e. The van der Waals surface area contributed by atoms with Crippen LogP contribution in [0, 0.1) is 0 Å². The van der Waals surface area contributed by atoms with Crippen LogP contribution in [0.5, 0.6) is 0 Å². The topological polar surface area (TPSA) is 55.6 Å². The van der Waals surface area contributed by atoms with E-state index < -0.39 is 0 Å². The predicted octanol–water partition coefficient (Wildman–Crippen LogP) is 1.42. The fourth-order valence-corrected chi connectivity index (χ4v) is 1.67. The van der Waals surface area contributed by atoms with E-state index in [9.17, 15) is 0 Å². The summed E-state index contributed by atoms with van der Waals surface area (Å²) in [5.74, 6) is 1.21. The second-order valence-corrected chi connectivity index (χ2v) is 3.64. The van der Waals surface area contributed by atoms with Gasteiger partial charge in [0.15, 0.2) is 0 Å². The first-order chi connectivity index (χ1) is 6.67. The molecule has 0 aliphatic carbocycles. The van der Waals surface area contributed by atoms with Crippen molar-refractivity contribution < 1.29 is 0 Å². The molecule has 0 bridgehead atoms. The smallest absolute Gasteiger partial charge is 0.243 e. The molecule has 0 radical (unpaired) electrons. The van der Waals surface area contributed by atoms with Gasteiger partial charge in [0.1, 0.15) is 0 Å². The van der Waals surface area contributed by atoms with Crippen LogP contribution in [-0.2, 0) is 7.05 Å². The first-order valence-corrected chi connectivity index (χ1v) is 5.27. The normalized spacial score (nSPS) is 11.7. The Hall–Kier alpha value is -0.840. The van der Waals surface area contributed by atoms with Crippen molar-refractivity contribution in [2.75, 3.05) is 11.2 Å². The van der Waals surface area contributed by atoms with Gasteiger partial charge in [-0.05, 0) is 23.3 Å². The summed E-state index contributed by atoms with van der Waals surface area (Å²) in [5.41, 5.74) is -0.107. The van der Waals surface area contributed by atoms with Crippen LogP contribution in [0.1, 0.15) is 26.7 Å². The fraction of sp³-hybridized carbons (Fsp3) is 0.875. The highest BCUT2D eigenvalue weighted by Gasteiger charge is 2.26. The van der Waals surface area contributed by atoms with Gasteiger partial charge in [0.2, 0.25) is 5.95 Å². The molecule has 0 unspecified atom stereocenters. The summed E-state index contributed by atoms with van der Waals surface area (Å²) in [5, 5.41) is 14.5. The van der Waals surface area contributed by atoms with Gasteiger partial charge in [-0.25, -0.2) is 4.68 Å². The average molecular weight is 218 g/mol. The zero-order chi connectivity index (χ0) is 10.6. The van der Waals surface area contributed by atoms with E-state index in [1.54, 1.807) is 11.7 Å². The van der Waals surface area contributed by atoms with Crippen molar-refractivity contribution in [3.63, 3.8) is 0 Å². The van der Waals surface area contributed by atoms with Gasteiger partial charge in [0.05, 0.1) is 5.54 Å². The van der Waals surface area contributed by atoms with Crippen LogP contribution >= 0.6 is 11.6 Å². The third kappa shape index (κ3) is 2.15. The summed E-state index contributed by atoms with van der Waals surface area (Å²) in [6, 6.07) is 0. The first kappa shape index (κ1) is 11.2.